The van der Waals surface area contributed by atoms with Crippen molar-refractivity contribution in [2.24, 2.45) is 0 Å². The van der Waals surface area contributed by atoms with Gasteiger partial charge in [-0.25, -0.2) is 0 Å². The highest BCUT2D eigenvalue weighted by Crippen LogP contribution is 2.12. The lowest BCUT2D eigenvalue weighted by molar-refractivity contribution is 0.0997. The summed E-state index contributed by atoms with van der Waals surface area (Å²) in [6.07, 6.45) is 3.87. The first-order valence-electron chi connectivity index (χ1n) is 4.32. The number of pyridine rings is 1. The van der Waals surface area contributed by atoms with Crippen LogP contribution in [0.5, 0.6) is 0 Å². The molecular weight excluding hydrogens is 194 g/mol. The van der Waals surface area contributed by atoms with E-state index in [1.165, 1.54) is 11.3 Å². The molecule has 0 aromatic carbocycles. The Morgan fingerprint density at radius 1 is 1.29 bits per heavy atom. The van der Waals surface area contributed by atoms with E-state index in [-0.39, 0.29) is 5.78 Å². The van der Waals surface area contributed by atoms with E-state index >= 15 is 0 Å². The molecule has 0 aliphatic carbocycles. The van der Waals surface area contributed by atoms with Crippen LogP contribution in [0.1, 0.15) is 15.2 Å². The zero-order valence-corrected chi connectivity index (χ0v) is 8.33. The number of hydrogen-bond donors (Lipinski definition) is 0. The van der Waals surface area contributed by atoms with Crippen LogP contribution in [0.2, 0.25) is 0 Å². The predicted molar refractivity (Wildman–Crippen MR) is 56.6 cm³/mol. The molecule has 0 aliphatic rings. The van der Waals surface area contributed by atoms with Crippen molar-refractivity contribution in [3.05, 3.63) is 52.5 Å². The van der Waals surface area contributed by atoms with Gasteiger partial charge in [0.25, 0.3) is 0 Å². The summed E-state index contributed by atoms with van der Waals surface area (Å²) in [5.41, 5.74) is 1.01. The van der Waals surface area contributed by atoms with Crippen molar-refractivity contribution in [2.75, 3.05) is 0 Å². The number of carbonyl (C=O) groups is 1. The largest absolute Gasteiger partial charge is 0.293 e. The van der Waals surface area contributed by atoms with E-state index in [1.54, 1.807) is 12.4 Å². The smallest absolute Gasteiger partial charge is 0.177 e. The van der Waals surface area contributed by atoms with Crippen molar-refractivity contribution >= 4 is 17.1 Å². The van der Waals surface area contributed by atoms with Crippen LogP contribution < -0.4 is 0 Å². The summed E-state index contributed by atoms with van der Waals surface area (Å²) in [6.45, 7) is 0. The van der Waals surface area contributed by atoms with Gasteiger partial charge in [-0.2, -0.15) is 0 Å². The van der Waals surface area contributed by atoms with Crippen molar-refractivity contribution < 1.29 is 4.79 Å². The summed E-state index contributed by atoms with van der Waals surface area (Å²) in [6, 6.07) is 7.48. The fraction of sp³-hybridized carbons (Fsp3) is 0.0909. The first-order valence-corrected chi connectivity index (χ1v) is 5.20. The van der Waals surface area contributed by atoms with Gasteiger partial charge in [-0.05, 0) is 29.1 Å². The minimum absolute atomic E-state index is 0.172. The second-order valence-corrected chi connectivity index (χ2v) is 3.88. The summed E-state index contributed by atoms with van der Waals surface area (Å²) in [5, 5.41) is 1.92. The monoisotopic (exact) mass is 203 g/mol. The van der Waals surface area contributed by atoms with Gasteiger partial charge in [0.05, 0.1) is 4.88 Å². The predicted octanol–water partition coefficient (Wildman–Crippen LogP) is 2.57. The maximum Gasteiger partial charge on any atom is 0.177 e. The second-order valence-electron chi connectivity index (χ2n) is 2.93. The number of aromatic nitrogens is 1. The van der Waals surface area contributed by atoms with Crippen LogP contribution >= 0.6 is 11.3 Å². The first kappa shape index (κ1) is 9.09. The van der Waals surface area contributed by atoms with Gasteiger partial charge in [0, 0.05) is 18.8 Å². The number of hydrogen-bond acceptors (Lipinski definition) is 3. The minimum atomic E-state index is 0.172. The number of ketones is 1. The van der Waals surface area contributed by atoms with E-state index in [2.05, 4.69) is 4.98 Å². The summed E-state index contributed by atoms with van der Waals surface area (Å²) >= 11 is 1.49. The zero-order valence-electron chi connectivity index (χ0n) is 7.51. The molecular formula is C11H9NOS. The molecule has 0 saturated carbocycles. The molecule has 0 atom stereocenters. The highest BCUT2D eigenvalue weighted by atomic mass is 32.1. The van der Waals surface area contributed by atoms with Gasteiger partial charge in [0.1, 0.15) is 0 Å². The van der Waals surface area contributed by atoms with Gasteiger partial charge in [0.2, 0.25) is 0 Å². The molecule has 0 fully saturated rings. The van der Waals surface area contributed by atoms with E-state index in [0.29, 0.717) is 6.42 Å². The topological polar surface area (TPSA) is 30.0 Å². The van der Waals surface area contributed by atoms with E-state index in [1.807, 2.05) is 29.6 Å². The molecule has 0 aliphatic heterocycles. The van der Waals surface area contributed by atoms with Crippen molar-refractivity contribution in [1.29, 1.82) is 0 Å². The second kappa shape index (κ2) is 4.15. The van der Waals surface area contributed by atoms with Gasteiger partial charge in [-0.3, -0.25) is 9.78 Å². The third kappa shape index (κ3) is 2.06. The highest BCUT2D eigenvalue weighted by Gasteiger charge is 2.06. The van der Waals surface area contributed by atoms with Crippen LogP contribution in [0.25, 0.3) is 0 Å². The molecule has 2 nitrogen and oxygen atoms in total. The Hall–Kier alpha value is -1.48. The molecule has 0 radical (unpaired) electrons. The molecule has 0 spiro atoms. The molecule has 0 bridgehead atoms. The fourth-order valence-electron chi connectivity index (χ4n) is 1.21. The highest BCUT2D eigenvalue weighted by molar-refractivity contribution is 7.12. The average Bonchev–Trinajstić information content (AvgIpc) is 2.72. The van der Waals surface area contributed by atoms with Crippen LogP contribution in [-0.2, 0) is 6.42 Å². The van der Waals surface area contributed by atoms with E-state index in [0.717, 1.165) is 10.4 Å². The number of Topliss-reactive ketones (excluding diaryl/α,β-unsaturated/α-hetero) is 1. The van der Waals surface area contributed by atoms with Gasteiger partial charge in [0.15, 0.2) is 5.78 Å². The number of nitrogens with zero attached hydrogens (tertiary/aromatic N) is 1. The molecule has 2 heterocycles. The molecule has 2 aromatic heterocycles. The van der Waals surface area contributed by atoms with Gasteiger partial charge >= 0.3 is 0 Å². The van der Waals surface area contributed by atoms with Crippen LogP contribution in [0.3, 0.4) is 0 Å². The Kier molecular flexibility index (Phi) is 2.70. The van der Waals surface area contributed by atoms with Crippen LogP contribution in [0, 0.1) is 0 Å². The van der Waals surface area contributed by atoms with E-state index < -0.39 is 0 Å². The summed E-state index contributed by atoms with van der Waals surface area (Å²) in [4.78, 5) is 16.4. The molecule has 0 unspecified atom stereocenters. The van der Waals surface area contributed by atoms with Gasteiger partial charge in [-0.15, -0.1) is 11.3 Å². The fourth-order valence-corrected chi connectivity index (χ4v) is 1.87. The summed E-state index contributed by atoms with van der Waals surface area (Å²) < 4.78 is 0. The Morgan fingerprint density at radius 3 is 2.71 bits per heavy atom. The van der Waals surface area contributed by atoms with E-state index in [9.17, 15) is 4.79 Å². The van der Waals surface area contributed by atoms with Crippen molar-refractivity contribution in [1.82, 2.24) is 4.98 Å². The SMILES string of the molecule is O=C(Cc1ccncc1)c1cccs1. The standard InChI is InChI=1S/C11H9NOS/c13-10(11-2-1-7-14-11)8-9-3-5-12-6-4-9/h1-7H,8H2. The minimum Gasteiger partial charge on any atom is -0.293 e. The van der Waals surface area contributed by atoms with Crippen LogP contribution in [0.15, 0.2) is 42.0 Å². The van der Waals surface area contributed by atoms with E-state index in [4.69, 9.17) is 0 Å². The molecule has 14 heavy (non-hydrogen) atoms. The first-order chi connectivity index (χ1) is 6.86. The lowest BCUT2D eigenvalue weighted by Crippen LogP contribution is -2.00. The Bertz CT molecular complexity index is 408. The van der Waals surface area contributed by atoms with Crippen LogP contribution in [0.4, 0.5) is 0 Å². The number of thiophene rings is 1. The molecule has 70 valence electrons. The Morgan fingerprint density at radius 2 is 2.07 bits per heavy atom. The maximum atomic E-state index is 11.7. The van der Waals surface area contributed by atoms with Crippen molar-refractivity contribution in [2.45, 2.75) is 6.42 Å². The van der Waals surface area contributed by atoms with Crippen molar-refractivity contribution in [3.8, 4) is 0 Å². The third-order valence-corrected chi connectivity index (χ3v) is 2.82. The normalized spacial score (nSPS) is 10.0. The number of carbonyl (C=O) groups excluding carboxylic acids is 1. The quantitative estimate of drug-likeness (QED) is 0.717. The molecule has 0 amide bonds. The molecule has 0 N–H and O–H groups in total. The Labute approximate surface area is 86.2 Å². The zero-order chi connectivity index (χ0) is 9.80. The van der Waals surface area contributed by atoms with Crippen molar-refractivity contribution in [3.63, 3.8) is 0 Å². The molecule has 2 aromatic rings. The summed E-state index contributed by atoms with van der Waals surface area (Å²) in [7, 11) is 0. The lowest BCUT2D eigenvalue weighted by atomic mass is 10.1. The molecule has 2 rings (SSSR count). The maximum absolute atomic E-state index is 11.7. The van der Waals surface area contributed by atoms with Gasteiger partial charge in [-0.1, -0.05) is 6.07 Å². The lowest BCUT2D eigenvalue weighted by Gasteiger charge is -1.97. The number of rotatable bonds is 3. The molecule has 0 saturated heterocycles. The van der Waals surface area contributed by atoms with Crippen LogP contribution in [-0.4, -0.2) is 10.8 Å². The van der Waals surface area contributed by atoms with Gasteiger partial charge < -0.3 is 0 Å². The third-order valence-electron chi connectivity index (χ3n) is 1.91. The molecule has 3 heteroatoms. The summed E-state index contributed by atoms with van der Waals surface area (Å²) in [5.74, 6) is 0.172. The average molecular weight is 203 g/mol. The Balaban J connectivity index is 2.10.